The third kappa shape index (κ3) is 2.01. The molecule has 1 saturated heterocycles. The highest BCUT2D eigenvalue weighted by molar-refractivity contribution is 6.01. The molecule has 2 aliphatic rings. The summed E-state index contributed by atoms with van der Waals surface area (Å²) in [5, 5.41) is 2.65. The van der Waals surface area contributed by atoms with Crippen LogP contribution < -0.4 is 10.1 Å². The van der Waals surface area contributed by atoms with Crippen LogP contribution in [0.2, 0.25) is 0 Å². The standard InChI is InChI=1S/C18H20N4O3/c1-18-7-4-8-22(18)17(24)12-9-11(25-3)5-6-13(12)21-10-20-14(15(18)21)16(23)19-2/h5-6,9-10H,4,7-8H2,1-3H3,(H,19,23). The maximum Gasteiger partial charge on any atom is 0.271 e. The fraction of sp³-hybridized carbons (Fsp3) is 0.389. The third-order valence-corrected chi connectivity index (χ3v) is 5.30. The van der Waals surface area contributed by atoms with Gasteiger partial charge >= 0.3 is 0 Å². The number of imidazole rings is 1. The second-order valence-electron chi connectivity index (χ2n) is 6.61. The minimum Gasteiger partial charge on any atom is -0.497 e. The number of fused-ring (bicyclic) bond motifs is 5. The van der Waals surface area contributed by atoms with E-state index in [1.165, 1.54) is 0 Å². The van der Waals surface area contributed by atoms with Crippen LogP contribution in [0.4, 0.5) is 0 Å². The molecule has 0 aliphatic carbocycles. The zero-order valence-electron chi connectivity index (χ0n) is 14.5. The average molecular weight is 340 g/mol. The number of benzene rings is 1. The molecule has 0 saturated carbocycles. The number of nitrogens with one attached hydrogen (secondary N) is 1. The largest absolute Gasteiger partial charge is 0.497 e. The van der Waals surface area contributed by atoms with Crippen LogP contribution in [0, 0.1) is 0 Å². The van der Waals surface area contributed by atoms with Crippen molar-refractivity contribution in [1.82, 2.24) is 19.8 Å². The Balaban J connectivity index is 2.05. The van der Waals surface area contributed by atoms with Crippen molar-refractivity contribution in [3.63, 3.8) is 0 Å². The summed E-state index contributed by atoms with van der Waals surface area (Å²) in [5.74, 6) is 0.342. The lowest BCUT2D eigenvalue weighted by molar-refractivity contribution is 0.0615. The molecule has 4 rings (SSSR count). The van der Waals surface area contributed by atoms with Crippen LogP contribution in [0.25, 0.3) is 5.69 Å². The van der Waals surface area contributed by atoms with Crippen molar-refractivity contribution in [2.45, 2.75) is 25.3 Å². The van der Waals surface area contributed by atoms with Gasteiger partial charge in [0.1, 0.15) is 12.1 Å². The van der Waals surface area contributed by atoms with Crippen molar-refractivity contribution < 1.29 is 14.3 Å². The van der Waals surface area contributed by atoms with Crippen LogP contribution in [0.1, 0.15) is 46.3 Å². The first-order chi connectivity index (χ1) is 12.0. The van der Waals surface area contributed by atoms with Gasteiger partial charge in [-0.3, -0.25) is 14.2 Å². The van der Waals surface area contributed by atoms with E-state index in [1.54, 1.807) is 26.6 Å². The smallest absolute Gasteiger partial charge is 0.271 e. The molecule has 1 atom stereocenters. The molecule has 0 spiro atoms. The lowest BCUT2D eigenvalue weighted by atomic mass is 9.92. The molecule has 130 valence electrons. The molecular weight excluding hydrogens is 320 g/mol. The van der Waals surface area contributed by atoms with E-state index in [0.29, 0.717) is 23.6 Å². The topological polar surface area (TPSA) is 76.5 Å². The summed E-state index contributed by atoms with van der Waals surface area (Å²) in [6.45, 7) is 2.67. The fourth-order valence-corrected chi connectivity index (χ4v) is 4.03. The van der Waals surface area contributed by atoms with E-state index in [4.69, 9.17) is 4.74 Å². The number of methoxy groups -OCH3 is 1. The Hall–Kier alpha value is -2.83. The Bertz CT molecular complexity index is 888. The van der Waals surface area contributed by atoms with Gasteiger partial charge in [0.2, 0.25) is 0 Å². The minimum absolute atomic E-state index is 0.0412. The first-order valence-corrected chi connectivity index (χ1v) is 8.31. The van der Waals surface area contributed by atoms with Gasteiger partial charge < -0.3 is 15.0 Å². The molecule has 7 nitrogen and oxygen atoms in total. The highest BCUT2D eigenvalue weighted by Crippen LogP contribution is 2.44. The number of hydrogen-bond donors (Lipinski definition) is 1. The zero-order chi connectivity index (χ0) is 17.8. The second-order valence-corrected chi connectivity index (χ2v) is 6.61. The summed E-state index contributed by atoms with van der Waals surface area (Å²) < 4.78 is 7.17. The van der Waals surface area contributed by atoms with Crippen LogP contribution in [0.15, 0.2) is 24.5 Å². The molecule has 1 N–H and O–H groups in total. The number of aromatic nitrogens is 2. The van der Waals surface area contributed by atoms with E-state index >= 15 is 0 Å². The summed E-state index contributed by atoms with van der Waals surface area (Å²) >= 11 is 0. The molecule has 0 radical (unpaired) electrons. The Morgan fingerprint density at radius 3 is 2.92 bits per heavy atom. The summed E-state index contributed by atoms with van der Waals surface area (Å²) in [6.07, 6.45) is 3.31. The molecule has 3 heterocycles. The quantitative estimate of drug-likeness (QED) is 0.903. The van der Waals surface area contributed by atoms with Gasteiger partial charge in [-0.2, -0.15) is 0 Å². The first kappa shape index (κ1) is 15.7. The van der Waals surface area contributed by atoms with Crippen LogP contribution in [0.3, 0.4) is 0 Å². The Kier molecular flexibility index (Phi) is 3.35. The molecular formula is C18H20N4O3. The average Bonchev–Trinajstić information content (AvgIpc) is 3.23. The van der Waals surface area contributed by atoms with Gasteiger partial charge in [0.15, 0.2) is 5.69 Å². The number of carbonyl (C=O) groups excluding carboxylic acids is 2. The van der Waals surface area contributed by atoms with Gasteiger partial charge in [0.05, 0.1) is 29.6 Å². The Morgan fingerprint density at radius 1 is 1.40 bits per heavy atom. The van der Waals surface area contributed by atoms with Crippen LogP contribution in [0.5, 0.6) is 5.75 Å². The van der Waals surface area contributed by atoms with E-state index in [0.717, 1.165) is 24.2 Å². The monoisotopic (exact) mass is 340 g/mol. The third-order valence-electron chi connectivity index (χ3n) is 5.30. The molecule has 2 aromatic rings. The van der Waals surface area contributed by atoms with Crippen LogP contribution in [-0.2, 0) is 5.54 Å². The Labute approximate surface area is 145 Å². The number of carbonyl (C=O) groups is 2. The van der Waals surface area contributed by atoms with E-state index < -0.39 is 5.54 Å². The van der Waals surface area contributed by atoms with Gasteiger partial charge in [-0.15, -0.1) is 0 Å². The van der Waals surface area contributed by atoms with E-state index in [9.17, 15) is 9.59 Å². The molecule has 1 aromatic heterocycles. The Morgan fingerprint density at radius 2 is 2.20 bits per heavy atom. The molecule has 2 amide bonds. The molecule has 7 heteroatoms. The highest BCUT2D eigenvalue weighted by Gasteiger charge is 2.48. The predicted octanol–water partition coefficient (Wildman–Crippen LogP) is 1.71. The summed E-state index contributed by atoms with van der Waals surface area (Å²) in [4.78, 5) is 31.8. The summed E-state index contributed by atoms with van der Waals surface area (Å²) in [7, 11) is 3.17. The first-order valence-electron chi connectivity index (χ1n) is 8.31. The summed E-state index contributed by atoms with van der Waals surface area (Å²) in [5.41, 5.74) is 1.85. The van der Waals surface area contributed by atoms with E-state index in [1.807, 2.05) is 28.5 Å². The lowest BCUT2D eigenvalue weighted by Crippen LogP contribution is -2.43. The molecule has 1 fully saturated rings. The highest BCUT2D eigenvalue weighted by atomic mass is 16.5. The van der Waals surface area contributed by atoms with Crippen molar-refractivity contribution in [2.24, 2.45) is 0 Å². The van der Waals surface area contributed by atoms with Crippen LogP contribution in [-0.4, -0.2) is 47.0 Å². The maximum absolute atomic E-state index is 13.2. The number of ether oxygens (including phenoxy) is 1. The molecule has 0 bridgehead atoms. The zero-order valence-corrected chi connectivity index (χ0v) is 14.5. The van der Waals surface area contributed by atoms with Gasteiger partial charge in [0.25, 0.3) is 11.8 Å². The summed E-state index contributed by atoms with van der Waals surface area (Å²) in [6, 6.07) is 5.41. The van der Waals surface area contributed by atoms with E-state index in [-0.39, 0.29) is 11.8 Å². The second kappa shape index (κ2) is 5.34. The van der Waals surface area contributed by atoms with Gasteiger partial charge in [-0.25, -0.2) is 4.98 Å². The fourth-order valence-electron chi connectivity index (χ4n) is 4.03. The van der Waals surface area contributed by atoms with Crippen molar-refractivity contribution >= 4 is 11.8 Å². The van der Waals surface area contributed by atoms with Crippen molar-refractivity contribution in [1.29, 1.82) is 0 Å². The normalized spacial score (nSPS) is 21.2. The number of amides is 2. The van der Waals surface area contributed by atoms with Crippen molar-refractivity contribution in [3.05, 3.63) is 41.5 Å². The predicted molar refractivity (Wildman–Crippen MR) is 91.1 cm³/mol. The maximum atomic E-state index is 13.2. The van der Waals surface area contributed by atoms with Crippen molar-refractivity contribution in [3.8, 4) is 11.4 Å². The van der Waals surface area contributed by atoms with E-state index in [2.05, 4.69) is 10.3 Å². The van der Waals surface area contributed by atoms with Crippen LogP contribution >= 0.6 is 0 Å². The molecule has 1 aromatic carbocycles. The van der Waals surface area contributed by atoms with Gasteiger partial charge in [-0.1, -0.05) is 0 Å². The number of rotatable bonds is 2. The lowest BCUT2D eigenvalue weighted by Gasteiger charge is -2.34. The van der Waals surface area contributed by atoms with Gasteiger partial charge in [0, 0.05) is 13.6 Å². The van der Waals surface area contributed by atoms with Gasteiger partial charge in [-0.05, 0) is 38.0 Å². The SMILES string of the molecule is CNC(=O)c1ncn2c1C1(C)CCCN1C(=O)c1cc(OC)ccc1-2. The minimum atomic E-state index is -0.568. The number of hydrogen-bond acceptors (Lipinski definition) is 4. The van der Waals surface area contributed by atoms with Crippen molar-refractivity contribution in [2.75, 3.05) is 20.7 Å². The molecule has 2 aliphatic heterocycles. The number of nitrogens with zero attached hydrogens (tertiary/aromatic N) is 3. The molecule has 1 unspecified atom stereocenters. The molecule has 25 heavy (non-hydrogen) atoms.